The van der Waals surface area contributed by atoms with E-state index in [0.717, 1.165) is 11.4 Å². The Morgan fingerprint density at radius 2 is 1.63 bits per heavy atom. The van der Waals surface area contributed by atoms with Crippen molar-refractivity contribution >= 4 is 40.4 Å². The Bertz CT molecular complexity index is 637. The van der Waals surface area contributed by atoms with Gasteiger partial charge in [0.25, 0.3) is 0 Å². The summed E-state index contributed by atoms with van der Waals surface area (Å²) >= 11 is 11.9. The van der Waals surface area contributed by atoms with Crippen LogP contribution in [0.25, 0.3) is 0 Å². The van der Waals surface area contributed by atoms with Crippen LogP contribution in [0.1, 0.15) is 16.8 Å². The van der Waals surface area contributed by atoms with Crippen LogP contribution >= 0.6 is 23.2 Å². The first kappa shape index (κ1) is 12.5. The number of nitrogens with zero attached hydrogens (tertiary/aromatic N) is 1. The maximum atomic E-state index is 12.0. The lowest BCUT2D eigenvalue weighted by Gasteiger charge is -2.30. The third kappa shape index (κ3) is 2.34. The molecule has 3 rings (SSSR count). The van der Waals surface area contributed by atoms with Crippen LogP contribution in [0.5, 0.6) is 0 Å². The minimum absolute atomic E-state index is 0.141. The summed E-state index contributed by atoms with van der Waals surface area (Å²) < 4.78 is 0. The van der Waals surface area contributed by atoms with Gasteiger partial charge in [-0.25, -0.2) is 0 Å². The molecule has 4 heteroatoms. The Labute approximate surface area is 121 Å². The molecular weight excluding hydrogens is 281 g/mol. The molecule has 0 amide bonds. The topological polar surface area (TPSA) is 20.3 Å². The molecule has 0 fully saturated rings. The van der Waals surface area contributed by atoms with Crippen molar-refractivity contribution in [2.24, 2.45) is 0 Å². The SMILES string of the molecule is O=C1CCN(c2ccc(Cl)cc2)c2ccc(Cl)cc21. The first-order valence-corrected chi connectivity index (χ1v) is 6.76. The molecule has 2 aromatic carbocycles. The Balaban J connectivity index is 2.08. The highest BCUT2D eigenvalue weighted by Crippen LogP contribution is 2.35. The van der Waals surface area contributed by atoms with Gasteiger partial charge in [-0.05, 0) is 42.5 Å². The molecule has 1 aliphatic heterocycles. The number of rotatable bonds is 1. The molecule has 0 unspecified atom stereocenters. The smallest absolute Gasteiger partial charge is 0.166 e. The molecule has 0 saturated heterocycles. The third-order valence-corrected chi connectivity index (χ3v) is 3.74. The zero-order chi connectivity index (χ0) is 13.4. The predicted molar refractivity (Wildman–Crippen MR) is 78.9 cm³/mol. The molecule has 0 N–H and O–H groups in total. The molecule has 0 atom stereocenters. The minimum atomic E-state index is 0.141. The highest BCUT2D eigenvalue weighted by molar-refractivity contribution is 6.31. The van der Waals surface area contributed by atoms with Crippen LogP contribution in [0.3, 0.4) is 0 Å². The molecule has 2 nitrogen and oxygen atoms in total. The van der Waals surface area contributed by atoms with Crippen molar-refractivity contribution in [2.75, 3.05) is 11.4 Å². The van der Waals surface area contributed by atoms with Gasteiger partial charge in [-0.1, -0.05) is 23.2 Å². The summed E-state index contributed by atoms with van der Waals surface area (Å²) in [5, 5.41) is 1.29. The van der Waals surface area contributed by atoms with Crippen LogP contribution in [0.2, 0.25) is 10.0 Å². The number of carbonyl (C=O) groups excluding carboxylic acids is 1. The van der Waals surface area contributed by atoms with Gasteiger partial charge in [-0.2, -0.15) is 0 Å². The number of hydrogen-bond acceptors (Lipinski definition) is 2. The maximum absolute atomic E-state index is 12.0. The van der Waals surface area contributed by atoms with E-state index >= 15 is 0 Å². The van der Waals surface area contributed by atoms with Gasteiger partial charge in [0.05, 0.1) is 5.69 Å². The Morgan fingerprint density at radius 1 is 0.947 bits per heavy atom. The van der Waals surface area contributed by atoms with Crippen molar-refractivity contribution in [1.29, 1.82) is 0 Å². The molecule has 1 aliphatic rings. The average molecular weight is 292 g/mol. The zero-order valence-electron chi connectivity index (χ0n) is 10.1. The van der Waals surface area contributed by atoms with E-state index in [1.54, 1.807) is 6.07 Å². The normalized spacial score (nSPS) is 14.4. The fourth-order valence-electron chi connectivity index (χ4n) is 2.32. The maximum Gasteiger partial charge on any atom is 0.166 e. The van der Waals surface area contributed by atoms with Crippen molar-refractivity contribution in [3.05, 3.63) is 58.1 Å². The average Bonchev–Trinajstić information content (AvgIpc) is 2.41. The van der Waals surface area contributed by atoms with Gasteiger partial charge in [0.2, 0.25) is 0 Å². The summed E-state index contributed by atoms with van der Waals surface area (Å²) in [7, 11) is 0. The predicted octanol–water partition coefficient (Wildman–Crippen LogP) is 4.72. The summed E-state index contributed by atoms with van der Waals surface area (Å²) in [5.41, 5.74) is 2.62. The molecular formula is C15H11Cl2NO. The van der Waals surface area contributed by atoms with E-state index in [9.17, 15) is 4.79 Å². The summed E-state index contributed by atoms with van der Waals surface area (Å²) in [6.45, 7) is 0.676. The molecule has 0 spiro atoms. The summed E-state index contributed by atoms with van der Waals surface area (Å²) in [5.74, 6) is 0.141. The number of Topliss-reactive ketones (excluding diaryl/α,β-unsaturated/α-hetero) is 1. The zero-order valence-corrected chi connectivity index (χ0v) is 11.6. The van der Waals surface area contributed by atoms with Gasteiger partial charge in [0, 0.05) is 34.3 Å². The van der Waals surface area contributed by atoms with E-state index < -0.39 is 0 Å². The number of carbonyl (C=O) groups is 1. The van der Waals surface area contributed by atoms with Crippen LogP contribution in [-0.2, 0) is 0 Å². The van der Waals surface area contributed by atoms with Crippen molar-refractivity contribution < 1.29 is 4.79 Å². The number of halogens is 2. The van der Waals surface area contributed by atoms with Crippen molar-refractivity contribution in [3.63, 3.8) is 0 Å². The highest BCUT2D eigenvalue weighted by Gasteiger charge is 2.24. The van der Waals surface area contributed by atoms with E-state index in [2.05, 4.69) is 4.90 Å². The second-order valence-electron chi connectivity index (χ2n) is 4.46. The van der Waals surface area contributed by atoms with Crippen LogP contribution in [0, 0.1) is 0 Å². The van der Waals surface area contributed by atoms with Crippen LogP contribution in [-0.4, -0.2) is 12.3 Å². The summed E-state index contributed by atoms with van der Waals surface area (Å²) in [6.07, 6.45) is 0.496. The summed E-state index contributed by atoms with van der Waals surface area (Å²) in [4.78, 5) is 14.1. The first-order chi connectivity index (χ1) is 9.15. The Morgan fingerprint density at radius 3 is 2.37 bits per heavy atom. The number of fused-ring (bicyclic) bond motifs is 1. The molecule has 2 aromatic rings. The monoisotopic (exact) mass is 291 g/mol. The lowest BCUT2D eigenvalue weighted by atomic mass is 10.00. The molecule has 0 radical (unpaired) electrons. The number of hydrogen-bond donors (Lipinski definition) is 0. The number of anilines is 2. The van der Waals surface area contributed by atoms with Crippen LogP contribution < -0.4 is 4.90 Å². The van der Waals surface area contributed by atoms with E-state index in [0.29, 0.717) is 28.6 Å². The molecule has 96 valence electrons. The Hall–Kier alpha value is -1.51. The van der Waals surface area contributed by atoms with Gasteiger partial charge in [0.15, 0.2) is 5.78 Å². The standard InChI is InChI=1S/C15H11Cl2NO/c16-10-1-4-12(5-2-10)18-8-7-15(19)13-9-11(17)3-6-14(13)18/h1-6,9H,7-8H2. The Kier molecular flexibility index (Phi) is 3.21. The van der Waals surface area contributed by atoms with Gasteiger partial charge >= 0.3 is 0 Å². The van der Waals surface area contributed by atoms with Crippen molar-refractivity contribution in [1.82, 2.24) is 0 Å². The molecule has 0 aliphatic carbocycles. The first-order valence-electron chi connectivity index (χ1n) is 6.01. The van der Waals surface area contributed by atoms with Crippen LogP contribution in [0.4, 0.5) is 11.4 Å². The van der Waals surface area contributed by atoms with E-state index in [1.807, 2.05) is 36.4 Å². The summed E-state index contributed by atoms with van der Waals surface area (Å²) in [6, 6.07) is 13.0. The van der Waals surface area contributed by atoms with Crippen LogP contribution in [0.15, 0.2) is 42.5 Å². The second kappa shape index (κ2) is 4.87. The quantitative estimate of drug-likeness (QED) is 0.758. The fraction of sp³-hybridized carbons (Fsp3) is 0.133. The molecule has 0 bridgehead atoms. The van der Waals surface area contributed by atoms with Gasteiger partial charge in [0.1, 0.15) is 0 Å². The van der Waals surface area contributed by atoms with E-state index in [4.69, 9.17) is 23.2 Å². The van der Waals surface area contributed by atoms with E-state index in [1.165, 1.54) is 0 Å². The highest BCUT2D eigenvalue weighted by atomic mass is 35.5. The van der Waals surface area contributed by atoms with Crippen molar-refractivity contribution in [2.45, 2.75) is 6.42 Å². The lowest BCUT2D eigenvalue weighted by molar-refractivity contribution is 0.0981. The molecule has 1 heterocycles. The number of benzene rings is 2. The fourth-order valence-corrected chi connectivity index (χ4v) is 2.62. The molecule has 19 heavy (non-hydrogen) atoms. The van der Waals surface area contributed by atoms with Gasteiger partial charge in [-0.15, -0.1) is 0 Å². The second-order valence-corrected chi connectivity index (χ2v) is 5.34. The lowest BCUT2D eigenvalue weighted by Crippen LogP contribution is -2.27. The third-order valence-electron chi connectivity index (χ3n) is 3.25. The van der Waals surface area contributed by atoms with Gasteiger partial charge in [-0.3, -0.25) is 4.79 Å². The van der Waals surface area contributed by atoms with Gasteiger partial charge < -0.3 is 4.90 Å². The number of ketones is 1. The van der Waals surface area contributed by atoms with E-state index in [-0.39, 0.29) is 5.78 Å². The minimum Gasteiger partial charge on any atom is -0.340 e. The largest absolute Gasteiger partial charge is 0.340 e. The van der Waals surface area contributed by atoms with Crippen molar-refractivity contribution in [3.8, 4) is 0 Å². The molecule has 0 aromatic heterocycles. The molecule has 0 saturated carbocycles.